The Morgan fingerprint density at radius 1 is 1.23 bits per heavy atom. The molecule has 2 aromatic carbocycles. The van der Waals surface area contributed by atoms with Gasteiger partial charge in [0.05, 0.1) is 6.42 Å². The number of nitrogens with zero attached hydrogens (tertiary/aromatic N) is 1. The Hall–Kier alpha value is -1.91. The average Bonchev–Trinajstić information content (AvgIpc) is 3.05. The monoisotopic (exact) mass is 374 g/mol. The molecule has 1 aliphatic heterocycles. The zero-order valence-corrected chi connectivity index (χ0v) is 15.5. The molecule has 0 aromatic heterocycles. The quantitative estimate of drug-likeness (QED) is 0.793. The highest BCUT2D eigenvalue weighted by molar-refractivity contribution is 6.31. The molecule has 1 heterocycles. The molecule has 0 bridgehead atoms. The lowest BCUT2D eigenvalue weighted by atomic mass is 10.1. The van der Waals surface area contributed by atoms with Gasteiger partial charge in [0, 0.05) is 24.7 Å². The summed E-state index contributed by atoms with van der Waals surface area (Å²) >= 11 is 5.97. The molecule has 1 amide bonds. The van der Waals surface area contributed by atoms with E-state index in [0.29, 0.717) is 23.0 Å². The van der Waals surface area contributed by atoms with Gasteiger partial charge in [-0.25, -0.2) is 4.39 Å². The van der Waals surface area contributed by atoms with Gasteiger partial charge in [0.25, 0.3) is 0 Å². The smallest absolute Gasteiger partial charge is 0.224 e. The van der Waals surface area contributed by atoms with Crippen LogP contribution in [-0.2, 0) is 17.8 Å². The maximum Gasteiger partial charge on any atom is 0.224 e. The largest absolute Gasteiger partial charge is 0.356 e. The van der Waals surface area contributed by atoms with Crippen LogP contribution in [-0.4, -0.2) is 30.4 Å². The van der Waals surface area contributed by atoms with Gasteiger partial charge in [-0.2, -0.15) is 0 Å². The molecule has 1 atom stereocenters. The molecule has 1 saturated heterocycles. The second-order valence-corrected chi connectivity index (χ2v) is 7.33. The maximum atomic E-state index is 13.0. The molecular formula is C21H24ClFN2O. The maximum absolute atomic E-state index is 13.0. The van der Waals surface area contributed by atoms with Crippen LogP contribution in [0.4, 0.5) is 4.39 Å². The highest BCUT2D eigenvalue weighted by atomic mass is 35.5. The van der Waals surface area contributed by atoms with Gasteiger partial charge >= 0.3 is 0 Å². The fourth-order valence-corrected chi connectivity index (χ4v) is 3.68. The third-order valence-electron chi connectivity index (χ3n) is 4.86. The van der Waals surface area contributed by atoms with Gasteiger partial charge in [-0.3, -0.25) is 9.69 Å². The van der Waals surface area contributed by atoms with Crippen molar-refractivity contribution in [3.63, 3.8) is 0 Å². The minimum atomic E-state index is -0.388. The summed E-state index contributed by atoms with van der Waals surface area (Å²) in [5.41, 5.74) is 2.00. The van der Waals surface area contributed by atoms with E-state index < -0.39 is 0 Å². The third kappa shape index (κ3) is 5.55. The lowest BCUT2D eigenvalue weighted by Crippen LogP contribution is -2.28. The van der Waals surface area contributed by atoms with Crippen LogP contribution in [0.3, 0.4) is 0 Å². The molecule has 3 rings (SSSR count). The van der Waals surface area contributed by atoms with Crippen LogP contribution in [0.2, 0.25) is 5.02 Å². The zero-order valence-electron chi connectivity index (χ0n) is 14.8. The van der Waals surface area contributed by atoms with Gasteiger partial charge in [-0.15, -0.1) is 0 Å². The van der Waals surface area contributed by atoms with Gasteiger partial charge in [0.15, 0.2) is 0 Å². The predicted molar refractivity (Wildman–Crippen MR) is 103 cm³/mol. The number of hydrogen-bond acceptors (Lipinski definition) is 2. The van der Waals surface area contributed by atoms with Crippen molar-refractivity contribution in [1.82, 2.24) is 10.2 Å². The number of nitrogens with one attached hydrogen (secondary N) is 1. The molecule has 1 aliphatic rings. The fourth-order valence-electron chi connectivity index (χ4n) is 3.45. The molecule has 138 valence electrons. The first-order valence-corrected chi connectivity index (χ1v) is 9.45. The lowest BCUT2D eigenvalue weighted by Gasteiger charge is -2.16. The first-order chi connectivity index (χ1) is 12.6. The van der Waals surface area contributed by atoms with E-state index in [1.165, 1.54) is 24.1 Å². The number of carbonyl (C=O) groups excluding carboxylic acids is 1. The van der Waals surface area contributed by atoms with Gasteiger partial charge in [0.2, 0.25) is 5.91 Å². The normalized spacial score (nSPS) is 17.4. The van der Waals surface area contributed by atoms with Crippen molar-refractivity contribution in [2.24, 2.45) is 5.92 Å². The van der Waals surface area contributed by atoms with Crippen molar-refractivity contribution in [3.05, 3.63) is 70.5 Å². The van der Waals surface area contributed by atoms with E-state index in [1.807, 2.05) is 6.07 Å². The topological polar surface area (TPSA) is 32.3 Å². The minimum absolute atomic E-state index is 0.0716. The number of amides is 1. The lowest BCUT2D eigenvalue weighted by molar-refractivity contribution is -0.120. The van der Waals surface area contributed by atoms with Crippen LogP contribution in [0.25, 0.3) is 0 Å². The molecule has 0 aliphatic carbocycles. The van der Waals surface area contributed by atoms with Crippen molar-refractivity contribution in [2.45, 2.75) is 25.8 Å². The van der Waals surface area contributed by atoms with Crippen LogP contribution in [0, 0.1) is 11.7 Å². The Morgan fingerprint density at radius 3 is 2.81 bits per heavy atom. The van der Waals surface area contributed by atoms with E-state index in [1.54, 1.807) is 6.07 Å². The van der Waals surface area contributed by atoms with Crippen molar-refractivity contribution < 1.29 is 9.18 Å². The van der Waals surface area contributed by atoms with Crippen LogP contribution in [0.1, 0.15) is 24.0 Å². The molecule has 0 saturated carbocycles. The van der Waals surface area contributed by atoms with E-state index in [4.69, 9.17) is 11.6 Å². The van der Waals surface area contributed by atoms with E-state index >= 15 is 0 Å². The highest BCUT2D eigenvalue weighted by Crippen LogP contribution is 2.21. The molecule has 3 nitrogen and oxygen atoms in total. The van der Waals surface area contributed by atoms with Crippen molar-refractivity contribution in [3.8, 4) is 0 Å². The summed E-state index contributed by atoms with van der Waals surface area (Å²) in [5.74, 6) is 0.159. The summed E-state index contributed by atoms with van der Waals surface area (Å²) < 4.78 is 13.0. The van der Waals surface area contributed by atoms with E-state index in [0.717, 1.165) is 26.1 Å². The number of hydrogen-bond donors (Lipinski definition) is 1. The van der Waals surface area contributed by atoms with Crippen LogP contribution < -0.4 is 5.32 Å². The Morgan fingerprint density at radius 2 is 2.04 bits per heavy atom. The minimum Gasteiger partial charge on any atom is -0.356 e. The van der Waals surface area contributed by atoms with Gasteiger partial charge in [-0.1, -0.05) is 48.0 Å². The molecule has 26 heavy (non-hydrogen) atoms. The van der Waals surface area contributed by atoms with Gasteiger partial charge < -0.3 is 5.32 Å². The first-order valence-electron chi connectivity index (χ1n) is 9.07. The summed E-state index contributed by atoms with van der Waals surface area (Å²) in [6.07, 6.45) is 2.34. The van der Waals surface area contributed by atoms with E-state index in [2.05, 4.69) is 34.5 Å². The van der Waals surface area contributed by atoms with Crippen molar-refractivity contribution >= 4 is 17.5 Å². The van der Waals surface area contributed by atoms with Crippen LogP contribution >= 0.6 is 11.6 Å². The summed E-state index contributed by atoms with van der Waals surface area (Å²) in [5, 5.41) is 3.25. The molecular weight excluding hydrogens is 351 g/mol. The van der Waals surface area contributed by atoms with Crippen LogP contribution in [0.15, 0.2) is 48.5 Å². The second-order valence-electron chi connectivity index (χ2n) is 6.93. The molecule has 0 unspecified atom stereocenters. The van der Waals surface area contributed by atoms with Gasteiger partial charge in [-0.05, 0) is 48.6 Å². The van der Waals surface area contributed by atoms with E-state index in [9.17, 15) is 9.18 Å². The Kier molecular flexibility index (Phi) is 6.64. The van der Waals surface area contributed by atoms with Crippen molar-refractivity contribution in [1.29, 1.82) is 0 Å². The molecule has 0 radical (unpaired) electrons. The molecule has 1 N–H and O–H groups in total. The van der Waals surface area contributed by atoms with E-state index in [-0.39, 0.29) is 18.1 Å². The fraction of sp³-hybridized carbons (Fsp3) is 0.381. The number of likely N-dealkylation sites (tertiary alicyclic amines) is 1. The summed E-state index contributed by atoms with van der Waals surface area (Å²) in [6, 6.07) is 14.6. The summed E-state index contributed by atoms with van der Waals surface area (Å²) in [7, 11) is 0. The Bertz CT molecular complexity index is 738. The van der Waals surface area contributed by atoms with Crippen molar-refractivity contribution in [2.75, 3.05) is 19.6 Å². The number of halogens is 2. The molecule has 1 fully saturated rings. The number of rotatable bonds is 7. The highest BCUT2D eigenvalue weighted by Gasteiger charge is 2.22. The zero-order chi connectivity index (χ0) is 18.4. The standard InChI is InChI=1S/C21H24ClFN2O/c22-20-13-19(23)7-6-18(20)12-21(26)24-10-8-17-9-11-25(15-17)14-16-4-2-1-3-5-16/h1-7,13,17H,8-12,14-15H2,(H,24,26)/t17-/m1/s1. The average molecular weight is 375 g/mol. The van der Waals surface area contributed by atoms with Gasteiger partial charge in [0.1, 0.15) is 5.82 Å². The SMILES string of the molecule is O=C(Cc1ccc(F)cc1Cl)NCC[C@@H]1CCN(Cc2ccccc2)C1. The second kappa shape index (κ2) is 9.15. The molecule has 0 spiro atoms. The third-order valence-corrected chi connectivity index (χ3v) is 5.21. The summed E-state index contributed by atoms with van der Waals surface area (Å²) in [4.78, 5) is 14.5. The number of carbonyl (C=O) groups is 1. The Balaban J connectivity index is 1.36. The summed E-state index contributed by atoms with van der Waals surface area (Å²) in [6.45, 7) is 3.85. The molecule has 5 heteroatoms. The number of benzene rings is 2. The Labute approximate surface area is 159 Å². The molecule has 2 aromatic rings. The predicted octanol–water partition coefficient (Wildman–Crippen LogP) is 4.05. The first kappa shape index (κ1) is 18.9. The van der Waals surface area contributed by atoms with Crippen LogP contribution in [0.5, 0.6) is 0 Å².